The van der Waals surface area contributed by atoms with Crippen LogP contribution in [0, 0.1) is 0 Å². The van der Waals surface area contributed by atoms with E-state index in [9.17, 15) is 4.79 Å². The smallest absolute Gasteiger partial charge is 0.274 e. The molecule has 0 aliphatic heterocycles. The molecule has 4 heteroatoms. The first-order chi connectivity index (χ1) is 9.61. The first kappa shape index (κ1) is 14.1. The first-order valence-corrected chi connectivity index (χ1v) is 6.66. The van der Waals surface area contributed by atoms with Crippen LogP contribution in [0.2, 0.25) is 0 Å². The molecular weight excluding hydrogens is 250 g/mol. The summed E-state index contributed by atoms with van der Waals surface area (Å²) in [6, 6.07) is 11.4. The highest BCUT2D eigenvalue weighted by molar-refractivity contribution is 6.03. The normalized spacial score (nSPS) is 10.4. The summed E-state index contributed by atoms with van der Waals surface area (Å²) in [7, 11) is 1.81. The Bertz CT molecular complexity index is 608. The summed E-state index contributed by atoms with van der Waals surface area (Å²) in [5, 5.41) is 5.93. The van der Waals surface area contributed by atoms with Gasteiger partial charge in [-0.05, 0) is 29.7 Å². The Morgan fingerprint density at radius 2 is 1.95 bits per heavy atom. The summed E-state index contributed by atoms with van der Waals surface area (Å²) in [6.45, 7) is 4.20. The summed E-state index contributed by atoms with van der Waals surface area (Å²) >= 11 is 0. The van der Waals surface area contributed by atoms with Gasteiger partial charge in [0.2, 0.25) is 0 Å². The number of pyridine rings is 1. The van der Waals surface area contributed by atoms with Crippen molar-refractivity contribution in [2.45, 2.75) is 19.8 Å². The zero-order valence-electron chi connectivity index (χ0n) is 12.0. The predicted molar refractivity (Wildman–Crippen MR) is 82.3 cm³/mol. The van der Waals surface area contributed by atoms with E-state index in [4.69, 9.17) is 0 Å². The quantitative estimate of drug-likeness (QED) is 0.893. The van der Waals surface area contributed by atoms with E-state index in [1.54, 1.807) is 12.3 Å². The fraction of sp³-hybridized carbons (Fsp3) is 0.250. The van der Waals surface area contributed by atoms with Gasteiger partial charge in [-0.1, -0.05) is 32.0 Å². The highest BCUT2D eigenvalue weighted by Crippen LogP contribution is 2.24. The number of carbonyl (C=O) groups excluding carboxylic acids is 1. The zero-order chi connectivity index (χ0) is 14.5. The number of anilines is 2. The Morgan fingerprint density at radius 3 is 2.65 bits per heavy atom. The second kappa shape index (κ2) is 6.19. The molecule has 0 radical (unpaired) electrons. The predicted octanol–water partition coefficient (Wildman–Crippen LogP) is 3.50. The molecule has 20 heavy (non-hydrogen) atoms. The molecule has 1 aromatic heterocycles. The minimum atomic E-state index is -0.199. The fourth-order valence-corrected chi connectivity index (χ4v) is 2.01. The van der Waals surface area contributed by atoms with Crippen LogP contribution in [0.25, 0.3) is 0 Å². The molecule has 2 N–H and O–H groups in total. The van der Waals surface area contributed by atoms with Crippen molar-refractivity contribution < 1.29 is 4.79 Å². The van der Waals surface area contributed by atoms with Crippen molar-refractivity contribution in [3.8, 4) is 0 Å². The summed E-state index contributed by atoms with van der Waals surface area (Å²) < 4.78 is 0. The van der Waals surface area contributed by atoms with Gasteiger partial charge in [-0.15, -0.1) is 0 Å². The molecule has 0 fully saturated rings. The topological polar surface area (TPSA) is 54.0 Å². The third kappa shape index (κ3) is 3.15. The Labute approximate surface area is 119 Å². The highest BCUT2D eigenvalue weighted by atomic mass is 16.1. The molecule has 1 aromatic carbocycles. The van der Waals surface area contributed by atoms with Crippen molar-refractivity contribution in [1.82, 2.24) is 4.98 Å². The molecule has 104 valence electrons. The standard InChI is InChI=1S/C16H19N3O/c1-11(2)13-6-4-5-7-14(13)19-16(20)15-10-12(17-3)8-9-18-15/h4-11H,1-3H3,(H,17,18)(H,19,20). The van der Waals surface area contributed by atoms with Gasteiger partial charge < -0.3 is 10.6 Å². The van der Waals surface area contributed by atoms with Crippen LogP contribution >= 0.6 is 0 Å². The number of carbonyl (C=O) groups is 1. The third-order valence-electron chi connectivity index (χ3n) is 3.11. The van der Waals surface area contributed by atoms with Crippen LogP contribution < -0.4 is 10.6 Å². The van der Waals surface area contributed by atoms with Crippen molar-refractivity contribution in [3.05, 3.63) is 53.9 Å². The lowest BCUT2D eigenvalue weighted by Crippen LogP contribution is -2.15. The summed E-state index contributed by atoms with van der Waals surface area (Å²) in [4.78, 5) is 16.4. The molecule has 0 saturated heterocycles. The maximum atomic E-state index is 12.3. The molecule has 2 aromatic rings. The lowest BCUT2D eigenvalue weighted by molar-refractivity contribution is 0.102. The van der Waals surface area contributed by atoms with Gasteiger partial charge in [-0.2, -0.15) is 0 Å². The Kier molecular flexibility index (Phi) is 4.35. The van der Waals surface area contributed by atoms with Crippen molar-refractivity contribution in [3.63, 3.8) is 0 Å². The highest BCUT2D eigenvalue weighted by Gasteiger charge is 2.12. The first-order valence-electron chi connectivity index (χ1n) is 6.66. The van der Waals surface area contributed by atoms with Crippen LogP contribution in [-0.2, 0) is 0 Å². The number of benzene rings is 1. The van der Waals surface area contributed by atoms with E-state index in [-0.39, 0.29) is 5.91 Å². The lowest BCUT2D eigenvalue weighted by Gasteiger charge is -2.13. The lowest BCUT2D eigenvalue weighted by atomic mass is 10.0. The number of hydrogen-bond acceptors (Lipinski definition) is 3. The van der Waals surface area contributed by atoms with Crippen LogP contribution in [0.1, 0.15) is 35.8 Å². The van der Waals surface area contributed by atoms with Crippen molar-refractivity contribution in [1.29, 1.82) is 0 Å². The number of para-hydroxylation sites is 1. The maximum absolute atomic E-state index is 12.3. The second-order valence-electron chi connectivity index (χ2n) is 4.88. The molecule has 0 bridgehead atoms. The van der Waals surface area contributed by atoms with E-state index in [2.05, 4.69) is 29.5 Å². The number of nitrogens with one attached hydrogen (secondary N) is 2. The van der Waals surface area contributed by atoms with E-state index in [0.717, 1.165) is 16.9 Å². The van der Waals surface area contributed by atoms with Crippen LogP contribution in [0.3, 0.4) is 0 Å². The Hall–Kier alpha value is -2.36. The van der Waals surface area contributed by atoms with E-state index < -0.39 is 0 Å². The van der Waals surface area contributed by atoms with Crippen LogP contribution in [0.15, 0.2) is 42.6 Å². The van der Waals surface area contributed by atoms with E-state index in [1.807, 2.05) is 37.4 Å². The van der Waals surface area contributed by atoms with Gasteiger partial charge in [0.1, 0.15) is 5.69 Å². The second-order valence-corrected chi connectivity index (χ2v) is 4.88. The van der Waals surface area contributed by atoms with Crippen LogP contribution in [0.5, 0.6) is 0 Å². The largest absolute Gasteiger partial charge is 0.388 e. The summed E-state index contributed by atoms with van der Waals surface area (Å²) in [5.74, 6) is 0.151. The molecule has 0 saturated carbocycles. The monoisotopic (exact) mass is 269 g/mol. The van der Waals surface area contributed by atoms with Gasteiger partial charge in [0.05, 0.1) is 0 Å². The van der Waals surface area contributed by atoms with Gasteiger partial charge in [0.25, 0.3) is 5.91 Å². The van der Waals surface area contributed by atoms with Gasteiger partial charge in [0, 0.05) is 24.6 Å². The van der Waals surface area contributed by atoms with Gasteiger partial charge in [-0.3, -0.25) is 9.78 Å². The molecule has 4 nitrogen and oxygen atoms in total. The van der Waals surface area contributed by atoms with Crippen LogP contribution in [-0.4, -0.2) is 17.9 Å². The Morgan fingerprint density at radius 1 is 1.20 bits per heavy atom. The average molecular weight is 269 g/mol. The summed E-state index contributed by atoms with van der Waals surface area (Å²) in [6.07, 6.45) is 1.62. The molecule has 1 amide bonds. The number of rotatable bonds is 4. The van der Waals surface area contributed by atoms with Crippen molar-refractivity contribution >= 4 is 17.3 Å². The number of nitrogens with zero attached hydrogens (tertiary/aromatic N) is 1. The maximum Gasteiger partial charge on any atom is 0.274 e. The minimum absolute atomic E-state index is 0.199. The van der Waals surface area contributed by atoms with Gasteiger partial charge in [0.15, 0.2) is 0 Å². The molecule has 1 heterocycles. The van der Waals surface area contributed by atoms with Crippen LogP contribution in [0.4, 0.5) is 11.4 Å². The fourth-order valence-electron chi connectivity index (χ4n) is 2.01. The SMILES string of the molecule is CNc1ccnc(C(=O)Nc2ccccc2C(C)C)c1. The van der Waals surface area contributed by atoms with Gasteiger partial charge in [-0.25, -0.2) is 0 Å². The van der Waals surface area contributed by atoms with Crippen molar-refractivity contribution in [2.75, 3.05) is 17.7 Å². The van der Waals surface area contributed by atoms with Crippen molar-refractivity contribution in [2.24, 2.45) is 0 Å². The van der Waals surface area contributed by atoms with Gasteiger partial charge >= 0.3 is 0 Å². The van der Waals surface area contributed by atoms with E-state index in [1.165, 1.54) is 0 Å². The zero-order valence-corrected chi connectivity index (χ0v) is 12.0. The molecule has 2 rings (SSSR count). The average Bonchev–Trinajstić information content (AvgIpc) is 2.47. The molecule has 0 atom stereocenters. The molecule has 0 aliphatic carbocycles. The summed E-state index contributed by atoms with van der Waals surface area (Å²) in [5.41, 5.74) is 3.22. The molecule has 0 aliphatic rings. The Balaban J connectivity index is 2.23. The van der Waals surface area contributed by atoms with E-state index >= 15 is 0 Å². The third-order valence-corrected chi connectivity index (χ3v) is 3.11. The molecule has 0 unspecified atom stereocenters. The molecular formula is C16H19N3O. The number of aromatic nitrogens is 1. The minimum Gasteiger partial charge on any atom is -0.388 e. The number of amides is 1. The molecule has 0 spiro atoms. The number of hydrogen-bond donors (Lipinski definition) is 2. The van der Waals surface area contributed by atoms with E-state index in [0.29, 0.717) is 11.6 Å².